The molecule has 3 aromatic rings. The Labute approximate surface area is 155 Å². The van der Waals surface area contributed by atoms with Gasteiger partial charge in [0.2, 0.25) is 0 Å². The van der Waals surface area contributed by atoms with Gasteiger partial charge in [-0.15, -0.1) is 0 Å². The van der Waals surface area contributed by atoms with Crippen LogP contribution in [0.5, 0.6) is 0 Å². The summed E-state index contributed by atoms with van der Waals surface area (Å²) in [6.45, 7) is 2.89. The molecule has 6 heteroatoms. The van der Waals surface area contributed by atoms with Crippen molar-refractivity contribution in [2.24, 2.45) is 0 Å². The van der Waals surface area contributed by atoms with E-state index in [0.29, 0.717) is 10.0 Å². The van der Waals surface area contributed by atoms with Crippen molar-refractivity contribution in [2.75, 3.05) is 11.9 Å². The first kappa shape index (κ1) is 15.8. The first-order valence-electron chi connectivity index (χ1n) is 7.63. The normalized spacial score (nSPS) is 13.0. The van der Waals surface area contributed by atoms with Crippen molar-refractivity contribution >= 4 is 40.6 Å². The maximum atomic E-state index is 6.28. The first-order chi connectivity index (χ1) is 11.6. The lowest BCUT2D eigenvalue weighted by atomic mass is 10.1. The molecule has 0 saturated carbocycles. The van der Waals surface area contributed by atoms with Crippen LogP contribution in [0.15, 0.2) is 36.4 Å². The van der Waals surface area contributed by atoms with E-state index in [-0.39, 0.29) is 0 Å². The Morgan fingerprint density at radius 3 is 2.67 bits per heavy atom. The Morgan fingerprint density at radius 2 is 1.88 bits per heavy atom. The van der Waals surface area contributed by atoms with E-state index in [4.69, 9.17) is 39.9 Å². The fourth-order valence-corrected chi connectivity index (χ4v) is 3.52. The zero-order valence-electron chi connectivity index (χ0n) is 12.9. The molecule has 122 valence electrons. The van der Waals surface area contributed by atoms with Crippen molar-refractivity contribution in [3.8, 4) is 16.9 Å². The molecule has 0 radical (unpaired) electrons. The lowest BCUT2D eigenvalue weighted by Crippen LogP contribution is -2.05. The SMILES string of the molecule is Cc1c(Cl)cccc1-n1nc(-c2ccc(Cl)c(Cl)c2)c2c1NCC2. The molecule has 1 aliphatic rings. The molecular formula is C18H14Cl3N3. The summed E-state index contributed by atoms with van der Waals surface area (Å²) in [4.78, 5) is 0. The predicted octanol–water partition coefficient (Wildman–Crippen LogP) is 5.78. The molecule has 3 nitrogen and oxygen atoms in total. The highest BCUT2D eigenvalue weighted by Crippen LogP contribution is 2.37. The number of nitrogens with zero attached hydrogens (tertiary/aromatic N) is 2. The molecule has 0 saturated heterocycles. The Hall–Kier alpha value is -1.68. The van der Waals surface area contributed by atoms with Gasteiger partial charge < -0.3 is 5.32 Å². The molecule has 4 rings (SSSR count). The molecule has 0 spiro atoms. The number of fused-ring (bicyclic) bond motifs is 1. The third kappa shape index (κ3) is 2.48. The molecule has 0 fully saturated rings. The summed E-state index contributed by atoms with van der Waals surface area (Å²) in [6.07, 6.45) is 0.921. The van der Waals surface area contributed by atoms with Gasteiger partial charge in [-0.05, 0) is 43.2 Å². The summed E-state index contributed by atoms with van der Waals surface area (Å²) in [5, 5.41) is 10.1. The molecule has 0 atom stereocenters. The van der Waals surface area contributed by atoms with Gasteiger partial charge in [0.15, 0.2) is 0 Å². The molecule has 0 unspecified atom stereocenters. The molecule has 2 heterocycles. The van der Waals surface area contributed by atoms with Gasteiger partial charge in [-0.1, -0.05) is 46.9 Å². The van der Waals surface area contributed by atoms with Crippen LogP contribution < -0.4 is 5.32 Å². The molecule has 1 aliphatic heterocycles. The fourth-order valence-electron chi connectivity index (χ4n) is 3.05. The van der Waals surface area contributed by atoms with E-state index in [1.54, 1.807) is 6.07 Å². The number of aromatic nitrogens is 2. The standard InChI is InChI=1S/C18H14Cl3N3/c1-10-13(19)3-2-4-16(10)24-18-12(7-8-22-18)17(23-24)11-5-6-14(20)15(21)9-11/h2-6,9,22H,7-8H2,1H3. The molecule has 1 aromatic heterocycles. The third-order valence-electron chi connectivity index (χ3n) is 4.31. The number of nitrogens with one attached hydrogen (secondary N) is 1. The van der Waals surface area contributed by atoms with Crippen LogP contribution in [0.25, 0.3) is 16.9 Å². The van der Waals surface area contributed by atoms with Gasteiger partial charge in [-0.3, -0.25) is 0 Å². The van der Waals surface area contributed by atoms with Crippen LogP contribution in [0.1, 0.15) is 11.1 Å². The Balaban J connectivity index is 1.92. The summed E-state index contributed by atoms with van der Waals surface area (Å²) in [5.41, 5.74) is 5.04. The predicted molar refractivity (Wildman–Crippen MR) is 101 cm³/mol. The first-order valence-corrected chi connectivity index (χ1v) is 8.76. The highest BCUT2D eigenvalue weighted by Gasteiger charge is 2.25. The molecular weight excluding hydrogens is 365 g/mol. The lowest BCUT2D eigenvalue weighted by molar-refractivity contribution is 0.875. The van der Waals surface area contributed by atoms with E-state index in [1.807, 2.05) is 41.9 Å². The van der Waals surface area contributed by atoms with Gasteiger partial charge in [0.25, 0.3) is 0 Å². The summed E-state index contributed by atoms with van der Waals surface area (Å²) in [6, 6.07) is 11.5. The minimum Gasteiger partial charge on any atom is -0.369 e. The minimum absolute atomic E-state index is 0.530. The van der Waals surface area contributed by atoms with E-state index in [2.05, 4.69) is 5.32 Å². The van der Waals surface area contributed by atoms with E-state index in [1.165, 1.54) is 5.56 Å². The summed E-state index contributed by atoms with van der Waals surface area (Å²) < 4.78 is 1.93. The maximum Gasteiger partial charge on any atom is 0.133 e. The average molecular weight is 379 g/mol. The number of anilines is 1. The molecule has 0 aliphatic carbocycles. The fraction of sp³-hybridized carbons (Fsp3) is 0.167. The Morgan fingerprint density at radius 1 is 1.04 bits per heavy atom. The van der Waals surface area contributed by atoms with Gasteiger partial charge in [-0.25, -0.2) is 4.68 Å². The molecule has 1 N–H and O–H groups in total. The van der Waals surface area contributed by atoms with Gasteiger partial charge >= 0.3 is 0 Å². The molecule has 24 heavy (non-hydrogen) atoms. The maximum absolute atomic E-state index is 6.28. The van der Waals surface area contributed by atoms with Crippen molar-refractivity contribution in [3.63, 3.8) is 0 Å². The van der Waals surface area contributed by atoms with Crippen molar-refractivity contribution in [3.05, 3.63) is 62.6 Å². The van der Waals surface area contributed by atoms with Gasteiger partial charge in [0, 0.05) is 22.7 Å². The van der Waals surface area contributed by atoms with Gasteiger partial charge in [0.05, 0.1) is 21.4 Å². The topological polar surface area (TPSA) is 29.9 Å². The monoisotopic (exact) mass is 377 g/mol. The largest absolute Gasteiger partial charge is 0.369 e. The van der Waals surface area contributed by atoms with E-state index >= 15 is 0 Å². The van der Waals surface area contributed by atoms with E-state index < -0.39 is 0 Å². The van der Waals surface area contributed by atoms with Crippen LogP contribution in [0.2, 0.25) is 15.1 Å². The average Bonchev–Trinajstić information content (AvgIpc) is 3.15. The number of hydrogen-bond acceptors (Lipinski definition) is 2. The minimum atomic E-state index is 0.530. The summed E-state index contributed by atoms with van der Waals surface area (Å²) >= 11 is 18.5. The Bertz CT molecular complexity index is 947. The highest BCUT2D eigenvalue weighted by molar-refractivity contribution is 6.42. The van der Waals surface area contributed by atoms with Crippen LogP contribution in [-0.2, 0) is 6.42 Å². The number of benzene rings is 2. The van der Waals surface area contributed by atoms with Crippen LogP contribution in [-0.4, -0.2) is 16.3 Å². The summed E-state index contributed by atoms with van der Waals surface area (Å²) in [5.74, 6) is 1.02. The van der Waals surface area contributed by atoms with Crippen LogP contribution in [0, 0.1) is 6.92 Å². The van der Waals surface area contributed by atoms with Crippen LogP contribution in [0.4, 0.5) is 5.82 Å². The van der Waals surface area contributed by atoms with Crippen LogP contribution >= 0.6 is 34.8 Å². The molecule has 0 bridgehead atoms. The molecule has 2 aromatic carbocycles. The third-order valence-corrected chi connectivity index (χ3v) is 5.46. The van der Waals surface area contributed by atoms with Crippen molar-refractivity contribution in [1.29, 1.82) is 0 Å². The second kappa shape index (κ2) is 5.99. The zero-order chi connectivity index (χ0) is 16.8. The quantitative estimate of drug-likeness (QED) is 0.613. The van der Waals surface area contributed by atoms with E-state index in [0.717, 1.165) is 46.3 Å². The van der Waals surface area contributed by atoms with Gasteiger partial charge in [0.1, 0.15) is 5.82 Å². The zero-order valence-corrected chi connectivity index (χ0v) is 15.2. The van der Waals surface area contributed by atoms with Crippen molar-refractivity contribution in [1.82, 2.24) is 9.78 Å². The second-order valence-electron chi connectivity index (χ2n) is 5.78. The number of halogens is 3. The van der Waals surface area contributed by atoms with Crippen LogP contribution in [0.3, 0.4) is 0 Å². The number of hydrogen-bond donors (Lipinski definition) is 1. The van der Waals surface area contributed by atoms with Gasteiger partial charge in [-0.2, -0.15) is 5.10 Å². The van der Waals surface area contributed by atoms with E-state index in [9.17, 15) is 0 Å². The molecule has 0 amide bonds. The Kier molecular flexibility index (Phi) is 3.95. The summed E-state index contributed by atoms with van der Waals surface area (Å²) in [7, 11) is 0. The lowest BCUT2D eigenvalue weighted by Gasteiger charge is -2.10. The van der Waals surface area contributed by atoms with Crippen molar-refractivity contribution in [2.45, 2.75) is 13.3 Å². The smallest absolute Gasteiger partial charge is 0.133 e. The highest BCUT2D eigenvalue weighted by atomic mass is 35.5. The second-order valence-corrected chi connectivity index (χ2v) is 7.00. The van der Waals surface area contributed by atoms with Crippen molar-refractivity contribution < 1.29 is 0 Å². The number of rotatable bonds is 2.